The van der Waals surface area contributed by atoms with Crippen LogP contribution in [0.25, 0.3) is 0 Å². The Bertz CT molecular complexity index is 667. The first kappa shape index (κ1) is 14.7. The van der Waals surface area contributed by atoms with Crippen molar-refractivity contribution in [3.05, 3.63) is 59.4 Å². The minimum Gasteiger partial charge on any atom is -0.497 e. The summed E-state index contributed by atoms with van der Waals surface area (Å²) in [5.41, 5.74) is 0.584. The van der Waals surface area contributed by atoms with Crippen LogP contribution in [-0.4, -0.2) is 25.8 Å². The van der Waals surface area contributed by atoms with Gasteiger partial charge in [0.15, 0.2) is 12.4 Å². The molecule has 2 aromatic rings. The van der Waals surface area contributed by atoms with E-state index in [1.54, 1.807) is 24.3 Å². The highest BCUT2D eigenvalue weighted by Crippen LogP contribution is 2.17. The van der Waals surface area contributed by atoms with E-state index in [1.807, 2.05) is 0 Å². The second kappa shape index (κ2) is 6.65. The first-order valence-electron chi connectivity index (χ1n) is 6.18. The van der Waals surface area contributed by atoms with E-state index in [-0.39, 0.29) is 23.7 Å². The monoisotopic (exact) mass is 288 g/mol. The molecule has 4 nitrogen and oxygen atoms in total. The zero-order valence-electron chi connectivity index (χ0n) is 11.3. The Morgan fingerprint density at radius 3 is 2.71 bits per heavy atom. The summed E-state index contributed by atoms with van der Waals surface area (Å²) in [6.45, 7) is -0.255. The van der Waals surface area contributed by atoms with Gasteiger partial charge in [-0.3, -0.25) is 9.59 Å². The summed E-state index contributed by atoms with van der Waals surface area (Å²) in [4.78, 5) is 22.6. The Labute approximate surface area is 121 Å². The lowest BCUT2D eigenvalue weighted by Crippen LogP contribution is -2.12. The number of hydrogen-bond acceptors (Lipinski definition) is 4. The highest BCUT2D eigenvalue weighted by Gasteiger charge is 2.09. The van der Waals surface area contributed by atoms with E-state index in [9.17, 15) is 14.0 Å². The fourth-order valence-corrected chi connectivity index (χ4v) is 1.76. The van der Waals surface area contributed by atoms with Crippen LogP contribution in [0.15, 0.2) is 42.5 Å². The van der Waals surface area contributed by atoms with Crippen molar-refractivity contribution < 1.29 is 23.5 Å². The molecule has 0 aromatic heterocycles. The minimum atomic E-state index is -0.594. The van der Waals surface area contributed by atoms with Gasteiger partial charge in [0.25, 0.3) is 0 Å². The Balaban J connectivity index is 2.06. The van der Waals surface area contributed by atoms with E-state index >= 15 is 0 Å². The third kappa shape index (κ3) is 3.89. The molecule has 0 heterocycles. The van der Waals surface area contributed by atoms with Gasteiger partial charge in [-0.1, -0.05) is 12.1 Å². The zero-order chi connectivity index (χ0) is 15.2. The number of rotatable bonds is 6. The summed E-state index contributed by atoms with van der Waals surface area (Å²) >= 11 is 0. The van der Waals surface area contributed by atoms with E-state index in [4.69, 9.17) is 9.47 Å². The van der Waals surface area contributed by atoms with Gasteiger partial charge in [0.05, 0.1) is 7.11 Å². The van der Waals surface area contributed by atoms with E-state index in [0.29, 0.717) is 17.6 Å². The molecule has 5 heteroatoms. The lowest BCUT2D eigenvalue weighted by atomic mass is 10.1. The Morgan fingerprint density at radius 1 is 1.19 bits per heavy atom. The molecule has 0 unspecified atom stereocenters. The molecule has 0 saturated heterocycles. The Morgan fingerprint density at radius 2 is 2.00 bits per heavy atom. The number of ketones is 1. The molecule has 0 radical (unpaired) electrons. The van der Waals surface area contributed by atoms with Crippen LogP contribution in [0.2, 0.25) is 0 Å². The molecule has 0 aliphatic rings. The Kier molecular flexibility index (Phi) is 4.66. The molecule has 0 N–H and O–H groups in total. The third-order valence-electron chi connectivity index (χ3n) is 2.79. The normalized spacial score (nSPS) is 10.0. The quantitative estimate of drug-likeness (QED) is 0.606. The molecule has 0 saturated carbocycles. The van der Waals surface area contributed by atoms with Gasteiger partial charge in [0.2, 0.25) is 0 Å². The van der Waals surface area contributed by atoms with Crippen molar-refractivity contribution in [2.75, 3.05) is 13.7 Å². The number of ether oxygens (including phenoxy) is 2. The number of carbonyl (C=O) groups excluding carboxylic acids is 2. The fourth-order valence-electron chi connectivity index (χ4n) is 1.76. The predicted octanol–water partition coefficient (Wildman–Crippen LogP) is 2.91. The van der Waals surface area contributed by atoms with Crippen molar-refractivity contribution in [1.29, 1.82) is 0 Å². The van der Waals surface area contributed by atoms with Crippen LogP contribution in [0.1, 0.15) is 20.7 Å². The van der Waals surface area contributed by atoms with Crippen LogP contribution in [0.3, 0.4) is 0 Å². The van der Waals surface area contributed by atoms with Crippen LogP contribution < -0.4 is 9.47 Å². The lowest BCUT2D eigenvalue weighted by Gasteiger charge is -2.07. The molecule has 0 spiro atoms. The topological polar surface area (TPSA) is 52.6 Å². The number of Topliss-reactive ketones (excluding diaryl/α,β-unsaturated/α-hetero) is 1. The summed E-state index contributed by atoms with van der Waals surface area (Å²) < 4.78 is 23.5. The van der Waals surface area contributed by atoms with Crippen molar-refractivity contribution in [3.63, 3.8) is 0 Å². The van der Waals surface area contributed by atoms with Crippen LogP contribution in [0.4, 0.5) is 4.39 Å². The summed E-state index contributed by atoms with van der Waals surface area (Å²) in [6.07, 6.45) is 0.514. The number of carbonyl (C=O) groups is 2. The maximum Gasteiger partial charge on any atom is 0.200 e. The molecule has 0 atom stereocenters. The van der Waals surface area contributed by atoms with E-state index in [2.05, 4.69) is 0 Å². The fraction of sp³-hybridized carbons (Fsp3) is 0.125. The molecule has 0 fully saturated rings. The van der Waals surface area contributed by atoms with Crippen LogP contribution in [0, 0.1) is 5.82 Å². The first-order valence-corrected chi connectivity index (χ1v) is 6.18. The lowest BCUT2D eigenvalue weighted by molar-refractivity contribution is 0.0921. The maximum absolute atomic E-state index is 13.2. The van der Waals surface area contributed by atoms with E-state index in [0.717, 1.165) is 12.1 Å². The standard InChI is InChI=1S/C16H13FO4/c1-20-14-4-2-3-12(7-14)16(19)10-21-15-6-11(9-18)5-13(17)8-15/h2-9H,10H2,1H3. The largest absolute Gasteiger partial charge is 0.497 e. The molecule has 108 valence electrons. The average molecular weight is 288 g/mol. The van der Waals surface area contributed by atoms with Crippen molar-refractivity contribution in [1.82, 2.24) is 0 Å². The highest BCUT2D eigenvalue weighted by atomic mass is 19.1. The van der Waals surface area contributed by atoms with Gasteiger partial charge in [-0.05, 0) is 24.3 Å². The number of benzene rings is 2. The molecule has 2 rings (SSSR count). The van der Waals surface area contributed by atoms with Gasteiger partial charge < -0.3 is 9.47 Å². The molecule has 0 amide bonds. The molecule has 0 bridgehead atoms. The zero-order valence-corrected chi connectivity index (χ0v) is 11.3. The third-order valence-corrected chi connectivity index (χ3v) is 2.79. The molecule has 0 aliphatic heterocycles. The molecular weight excluding hydrogens is 275 g/mol. The SMILES string of the molecule is COc1cccc(C(=O)COc2cc(F)cc(C=O)c2)c1. The summed E-state index contributed by atoms with van der Waals surface area (Å²) in [5, 5.41) is 0. The van der Waals surface area contributed by atoms with Crippen molar-refractivity contribution in [2.24, 2.45) is 0 Å². The summed E-state index contributed by atoms with van der Waals surface area (Å²) in [5.74, 6) is -0.169. The van der Waals surface area contributed by atoms with E-state index in [1.165, 1.54) is 13.2 Å². The van der Waals surface area contributed by atoms with Crippen molar-refractivity contribution >= 4 is 12.1 Å². The van der Waals surface area contributed by atoms with Crippen LogP contribution in [-0.2, 0) is 0 Å². The minimum absolute atomic E-state index is 0.133. The number of hydrogen-bond donors (Lipinski definition) is 0. The first-order chi connectivity index (χ1) is 10.1. The van der Waals surface area contributed by atoms with Crippen LogP contribution in [0.5, 0.6) is 11.5 Å². The molecule has 21 heavy (non-hydrogen) atoms. The summed E-state index contributed by atoms with van der Waals surface area (Å²) in [7, 11) is 1.51. The Hall–Kier alpha value is -2.69. The highest BCUT2D eigenvalue weighted by molar-refractivity contribution is 5.97. The molecule has 2 aromatic carbocycles. The number of methoxy groups -OCH3 is 1. The summed E-state index contributed by atoms with van der Waals surface area (Å²) in [6, 6.07) is 10.2. The smallest absolute Gasteiger partial charge is 0.200 e. The van der Waals surface area contributed by atoms with Gasteiger partial charge in [0.1, 0.15) is 23.6 Å². The van der Waals surface area contributed by atoms with Gasteiger partial charge in [-0.15, -0.1) is 0 Å². The second-order valence-corrected chi connectivity index (χ2v) is 4.28. The van der Waals surface area contributed by atoms with Gasteiger partial charge in [-0.25, -0.2) is 4.39 Å². The number of aldehydes is 1. The van der Waals surface area contributed by atoms with Gasteiger partial charge >= 0.3 is 0 Å². The predicted molar refractivity (Wildman–Crippen MR) is 74.6 cm³/mol. The number of halogens is 1. The maximum atomic E-state index is 13.2. The van der Waals surface area contributed by atoms with Gasteiger partial charge in [0, 0.05) is 17.2 Å². The van der Waals surface area contributed by atoms with Crippen molar-refractivity contribution in [3.8, 4) is 11.5 Å². The van der Waals surface area contributed by atoms with E-state index < -0.39 is 5.82 Å². The second-order valence-electron chi connectivity index (χ2n) is 4.28. The molecule has 0 aliphatic carbocycles. The van der Waals surface area contributed by atoms with Gasteiger partial charge in [-0.2, -0.15) is 0 Å². The van der Waals surface area contributed by atoms with Crippen LogP contribution >= 0.6 is 0 Å². The molecular formula is C16H13FO4. The average Bonchev–Trinajstić information content (AvgIpc) is 2.52. The van der Waals surface area contributed by atoms with Crippen molar-refractivity contribution in [2.45, 2.75) is 0 Å².